The molecule has 0 spiro atoms. The summed E-state index contributed by atoms with van der Waals surface area (Å²) in [5.74, 6) is -0.248. The smallest absolute Gasteiger partial charge is 0.273 e. The molecule has 17 heavy (non-hydrogen) atoms. The Morgan fingerprint density at radius 3 is 2.71 bits per heavy atom. The maximum absolute atomic E-state index is 10.7. The molecule has 7 nitrogen and oxygen atoms in total. The number of nitrogens with two attached hydrogens (primary N) is 1. The van der Waals surface area contributed by atoms with Gasteiger partial charge in [-0.05, 0) is 6.42 Å². The van der Waals surface area contributed by atoms with Gasteiger partial charge in [0.05, 0.1) is 18.1 Å². The van der Waals surface area contributed by atoms with E-state index in [4.69, 9.17) is 15.6 Å². The zero-order valence-electron chi connectivity index (χ0n) is 9.29. The van der Waals surface area contributed by atoms with Crippen LogP contribution in [0.4, 0.5) is 5.69 Å². The second-order valence-electron chi connectivity index (χ2n) is 3.46. The van der Waals surface area contributed by atoms with Gasteiger partial charge in [0.2, 0.25) is 0 Å². The molecule has 0 aromatic heterocycles. The lowest BCUT2D eigenvalue weighted by molar-refractivity contribution is -0.385. The lowest BCUT2D eigenvalue weighted by Gasteiger charge is -2.14. The van der Waals surface area contributed by atoms with Gasteiger partial charge in [-0.3, -0.25) is 10.1 Å². The van der Waals surface area contributed by atoms with Gasteiger partial charge in [0.25, 0.3) is 5.69 Å². The molecule has 1 rings (SSSR count). The number of nitro benzene ring substituents is 1. The lowest BCUT2D eigenvalue weighted by Crippen LogP contribution is -2.12. The Balaban J connectivity index is 3.27. The predicted molar refractivity (Wildman–Crippen MR) is 59.9 cm³/mol. The highest BCUT2D eigenvalue weighted by Crippen LogP contribution is 2.37. The number of aliphatic hydroxyl groups excluding tert-OH is 1. The number of phenolic OH excluding ortho intramolecular Hbond substituents is 1. The van der Waals surface area contributed by atoms with E-state index in [9.17, 15) is 15.2 Å². The van der Waals surface area contributed by atoms with E-state index in [0.717, 1.165) is 6.07 Å². The summed E-state index contributed by atoms with van der Waals surface area (Å²) in [5.41, 5.74) is 5.67. The number of benzene rings is 1. The van der Waals surface area contributed by atoms with Crippen LogP contribution in [0.3, 0.4) is 0 Å². The van der Waals surface area contributed by atoms with Gasteiger partial charge >= 0.3 is 0 Å². The summed E-state index contributed by atoms with van der Waals surface area (Å²) < 4.78 is 4.83. The SMILES string of the molecule is COc1cc([N+](=O)[O-])cc(C(N)CCO)c1O. The maximum atomic E-state index is 10.7. The number of hydrogen-bond acceptors (Lipinski definition) is 6. The molecule has 0 saturated carbocycles. The normalized spacial score (nSPS) is 12.2. The number of aromatic hydroxyl groups is 1. The minimum absolute atomic E-state index is 0.0115. The summed E-state index contributed by atoms with van der Waals surface area (Å²) in [6, 6.07) is 1.61. The van der Waals surface area contributed by atoms with E-state index in [2.05, 4.69) is 0 Å². The summed E-state index contributed by atoms with van der Waals surface area (Å²) in [5, 5.41) is 29.2. The van der Waals surface area contributed by atoms with Crippen LogP contribution in [0, 0.1) is 10.1 Å². The second kappa shape index (κ2) is 5.46. The third-order valence-corrected chi connectivity index (χ3v) is 2.36. The molecule has 1 unspecified atom stereocenters. The Morgan fingerprint density at radius 1 is 1.59 bits per heavy atom. The van der Waals surface area contributed by atoms with Gasteiger partial charge in [-0.15, -0.1) is 0 Å². The summed E-state index contributed by atoms with van der Waals surface area (Å²) in [6.07, 6.45) is 0.192. The summed E-state index contributed by atoms with van der Waals surface area (Å²) in [7, 11) is 1.29. The third-order valence-electron chi connectivity index (χ3n) is 2.36. The van der Waals surface area contributed by atoms with Gasteiger partial charge in [0.15, 0.2) is 11.5 Å². The number of nitro groups is 1. The number of aliphatic hydroxyl groups is 1. The van der Waals surface area contributed by atoms with Crippen LogP contribution >= 0.6 is 0 Å². The molecule has 0 fully saturated rings. The first-order valence-corrected chi connectivity index (χ1v) is 4.93. The second-order valence-corrected chi connectivity index (χ2v) is 3.46. The average molecular weight is 242 g/mol. The largest absolute Gasteiger partial charge is 0.504 e. The predicted octanol–water partition coefficient (Wildman–Crippen LogP) is 0.691. The van der Waals surface area contributed by atoms with Crippen molar-refractivity contribution >= 4 is 5.69 Å². The number of methoxy groups -OCH3 is 1. The van der Waals surface area contributed by atoms with Crippen LogP contribution in [-0.4, -0.2) is 28.9 Å². The topological polar surface area (TPSA) is 119 Å². The van der Waals surface area contributed by atoms with Crippen molar-refractivity contribution in [1.29, 1.82) is 0 Å². The van der Waals surface area contributed by atoms with E-state index >= 15 is 0 Å². The van der Waals surface area contributed by atoms with E-state index in [1.807, 2.05) is 0 Å². The number of phenols is 1. The standard InChI is InChI=1S/C10H14N2O5/c1-17-9-5-6(12(15)16)4-7(10(9)14)8(11)2-3-13/h4-5,8,13-14H,2-3,11H2,1H3. The molecule has 0 aliphatic carbocycles. The van der Waals surface area contributed by atoms with E-state index < -0.39 is 11.0 Å². The number of non-ortho nitro benzene ring substituents is 1. The highest BCUT2D eigenvalue weighted by molar-refractivity contribution is 5.54. The quantitative estimate of drug-likeness (QED) is 0.516. The number of rotatable bonds is 5. The monoisotopic (exact) mass is 242 g/mol. The molecule has 94 valence electrons. The van der Waals surface area contributed by atoms with Crippen molar-refractivity contribution in [2.45, 2.75) is 12.5 Å². The van der Waals surface area contributed by atoms with Gasteiger partial charge in [-0.1, -0.05) is 0 Å². The Morgan fingerprint density at radius 2 is 2.24 bits per heavy atom. The maximum Gasteiger partial charge on any atom is 0.273 e. The molecule has 7 heteroatoms. The summed E-state index contributed by atoms with van der Waals surface area (Å²) in [6.45, 7) is -0.175. The molecule has 0 aliphatic heterocycles. The van der Waals surface area contributed by atoms with Crippen molar-refractivity contribution in [2.75, 3.05) is 13.7 Å². The molecule has 0 heterocycles. The molecule has 1 aromatic carbocycles. The molecule has 0 aliphatic rings. The van der Waals surface area contributed by atoms with Crippen LogP contribution in [0.2, 0.25) is 0 Å². The minimum Gasteiger partial charge on any atom is -0.504 e. The van der Waals surface area contributed by atoms with Crippen LogP contribution in [-0.2, 0) is 0 Å². The van der Waals surface area contributed by atoms with Crippen molar-refractivity contribution in [3.05, 3.63) is 27.8 Å². The first-order valence-electron chi connectivity index (χ1n) is 4.93. The first kappa shape index (κ1) is 13.2. The minimum atomic E-state index is -0.686. The molecule has 1 atom stereocenters. The van der Waals surface area contributed by atoms with Crippen molar-refractivity contribution in [1.82, 2.24) is 0 Å². The highest BCUT2D eigenvalue weighted by atomic mass is 16.6. The summed E-state index contributed by atoms with van der Waals surface area (Å²) in [4.78, 5) is 10.1. The zero-order valence-corrected chi connectivity index (χ0v) is 9.29. The van der Waals surface area contributed by atoms with Crippen molar-refractivity contribution < 1.29 is 19.9 Å². The molecular formula is C10H14N2O5. The van der Waals surface area contributed by atoms with Gasteiger partial charge in [0, 0.05) is 24.3 Å². The molecule has 4 N–H and O–H groups in total. The van der Waals surface area contributed by atoms with Crippen LogP contribution < -0.4 is 10.5 Å². The highest BCUT2D eigenvalue weighted by Gasteiger charge is 2.20. The number of hydrogen-bond donors (Lipinski definition) is 3. The Hall–Kier alpha value is -1.86. The van der Waals surface area contributed by atoms with Crippen LogP contribution in [0.25, 0.3) is 0 Å². The third kappa shape index (κ3) is 2.83. The zero-order chi connectivity index (χ0) is 13.0. The molecule has 0 saturated heterocycles. The van der Waals surface area contributed by atoms with Gasteiger partial charge < -0.3 is 20.7 Å². The fourth-order valence-electron chi connectivity index (χ4n) is 1.45. The fraction of sp³-hybridized carbons (Fsp3) is 0.400. The van der Waals surface area contributed by atoms with Gasteiger partial charge in [-0.2, -0.15) is 0 Å². The number of nitrogens with zero attached hydrogens (tertiary/aromatic N) is 1. The number of ether oxygens (including phenoxy) is 1. The lowest BCUT2D eigenvalue weighted by atomic mass is 10.0. The summed E-state index contributed by atoms with van der Waals surface area (Å²) >= 11 is 0. The van der Waals surface area contributed by atoms with Crippen molar-refractivity contribution in [3.63, 3.8) is 0 Å². The van der Waals surface area contributed by atoms with E-state index in [0.29, 0.717) is 0 Å². The van der Waals surface area contributed by atoms with E-state index in [1.165, 1.54) is 13.2 Å². The van der Waals surface area contributed by atoms with Crippen molar-refractivity contribution in [2.24, 2.45) is 5.73 Å². The Kier molecular flexibility index (Phi) is 4.24. The Bertz CT molecular complexity index is 421. The first-order chi connectivity index (χ1) is 8.01. The van der Waals surface area contributed by atoms with Crippen molar-refractivity contribution in [3.8, 4) is 11.5 Å². The van der Waals surface area contributed by atoms with Crippen LogP contribution in [0.5, 0.6) is 11.5 Å². The van der Waals surface area contributed by atoms with E-state index in [-0.39, 0.29) is 35.8 Å². The fourth-order valence-corrected chi connectivity index (χ4v) is 1.45. The molecule has 0 bridgehead atoms. The molecule has 0 radical (unpaired) electrons. The van der Waals surface area contributed by atoms with Gasteiger partial charge in [-0.25, -0.2) is 0 Å². The molecule has 1 aromatic rings. The average Bonchev–Trinajstić information content (AvgIpc) is 2.29. The van der Waals surface area contributed by atoms with Crippen LogP contribution in [0.1, 0.15) is 18.0 Å². The van der Waals surface area contributed by atoms with Gasteiger partial charge in [0.1, 0.15) is 0 Å². The Labute approximate surface area is 97.6 Å². The van der Waals surface area contributed by atoms with E-state index in [1.54, 1.807) is 0 Å². The molecule has 0 amide bonds. The molecular weight excluding hydrogens is 228 g/mol. The van der Waals surface area contributed by atoms with Crippen LogP contribution in [0.15, 0.2) is 12.1 Å².